The average molecular weight is 263 g/mol. The van der Waals surface area contributed by atoms with Crippen LogP contribution in [0, 0.1) is 5.82 Å². The first-order valence-electron chi connectivity index (χ1n) is 4.82. The highest BCUT2D eigenvalue weighted by atomic mass is 19.3. The molecule has 1 aromatic heterocycles. The van der Waals surface area contributed by atoms with E-state index in [4.69, 9.17) is 0 Å². The van der Waals surface area contributed by atoms with Crippen molar-refractivity contribution in [1.82, 2.24) is 4.98 Å². The quantitative estimate of drug-likeness (QED) is 0.668. The number of halogens is 5. The molecule has 2 aromatic rings. The molecule has 1 heterocycles. The maximum Gasteiger partial charge on any atom is 0.368 e. The number of carbonyl (C=O) groups excluding carboxylic acids is 1. The van der Waals surface area contributed by atoms with Crippen LogP contribution in [0.4, 0.5) is 22.0 Å². The Bertz CT molecular complexity index is 604. The van der Waals surface area contributed by atoms with E-state index < -0.39 is 34.9 Å². The van der Waals surface area contributed by atoms with Gasteiger partial charge in [-0.05, 0) is 12.1 Å². The summed E-state index contributed by atoms with van der Waals surface area (Å²) in [5, 5.41) is -0.414. The summed E-state index contributed by atoms with van der Waals surface area (Å²) in [5.41, 5.74) is -0.697. The van der Waals surface area contributed by atoms with Gasteiger partial charge in [0.2, 0.25) is 5.78 Å². The fourth-order valence-corrected chi connectivity index (χ4v) is 1.60. The van der Waals surface area contributed by atoms with Crippen LogP contribution < -0.4 is 0 Å². The van der Waals surface area contributed by atoms with Crippen LogP contribution in [0.25, 0.3) is 10.9 Å². The van der Waals surface area contributed by atoms with Crippen LogP contribution in [0.2, 0.25) is 0 Å². The fraction of sp³-hybridized carbons (Fsp3) is 0.182. The number of benzene rings is 1. The van der Waals surface area contributed by atoms with E-state index in [1.807, 2.05) is 0 Å². The summed E-state index contributed by atoms with van der Waals surface area (Å²) in [6, 6.07) is 3.59. The number of hydrogen-bond acceptors (Lipinski definition) is 1. The third-order valence-electron chi connectivity index (χ3n) is 2.48. The summed E-state index contributed by atoms with van der Waals surface area (Å²) >= 11 is 0. The van der Waals surface area contributed by atoms with Gasteiger partial charge >= 0.3 is 12.3 Å². The van der Waals surface area contributed by atoms with Gasteiger partial charge < -0.3 is 4.98 Å². The third kappa shape index (κ3) is 1.75. The second-order valence-corrected chi connectivity index (χ2v) is 3.62. The van der Waals surface area contributed by atoms with E-state index in [1.165, 1.54) is 12.1 Å². The van der Waals surface area contributed by atoms with Crippen molar-refractivity contribution in [2.24, 2.45) is 0 Å². The molecule has 0 atom stereocenters. The normalized spacial score (nSPS) is 12.3. The van der Waals surface area contributed by atoms with Crippen molar-refractivity contribution >= 4 is 16.7 Å². The first kappa shape index (κ1) is 12.5. The minimum absolute atomic E-state index is 0.0865. The van der Waals surface area contributed by atoms with Gasteiger partial charge in [-0.1, -0.05) is 6.07 Å². The molecule has 0 spiro atoms. The molecule has 2 nitrogen and oxygen atoms in total. The lowest BCUT2D eigenvalue weighted by molar-refractivity contribution is -0.0957. The predicted molar refractivity (Wildman–Crippen MR) is 53.5 cm³/mol. The van der Waals surface area contributed by atoms with Crippen LogP contribution >= 0.6 is 0 Å². The third-order valence-corrected chi connectivity index (χ3v) is 2.48. The van der Waals surface area contributed by atoms with Crippen LogP contribution in [0.5, 0.6) is 0 Å². The molecule has 0 unspecified atom stereocenters. The zero-order valence-electron chi connectivity index (χ0n) is 8.68. The number of rotatable bonds is 3. The number of nitrogens with one attached hydrogen (secondary N) is 1. The van der Waals surface area contributed by atoms with E-state index in [0.717, 1.165) is 12.3 Å². The molecule has 0 bridgehead atoms. The van der Waals surface area contributed by atoms with Crippen molar-refractivity contribution < 1.29 is 26.7 Å². The Hall–Kier alpha value is -1.92. The van der Waals surface area contributed by atoms with E-state index in [9.17, 15) is 26.7 Å². The predicted octanol–water partition coefficient (Wildman–Crippen LogP) is 3.39. The van der Waals surface area contributed by atoms with Gasteiger partial charge in [-0.25, -0.2) is 13.2 Å². The van der Waals surface area contributed by atoms with Crippen LogP contribution in [0.3, 0.4) is 0 Å². The summed E-state index contributed by atoms with van der Waals surface area (Å²) in [5.74, 6) is -7.87. The molecule has 18 heavy (non-hydrogen) atoms. The molecule has 1 N–H and O–H groups in total. The van der Waals surface area contributed by atoms with Gasteiger partial charge in [0.15, 0.2) is 0 Å². The molecule has 0 aliphatic carbocycles. The Morgan fingerprint density at radius 1 is 1.28 bits per heavy atom. The van der Waals surface area contributed by atoms with Crippen molar-refractivity contribution in [2.75, 3.05) is 0 Å². The number of Topliss-reactive ketones (excluding diaryl/α,β-unsaturated/α-hetero) is 1. The molecule has 0 saturated carbocycles. The number of carbonyl (C=O) groups is 1. The minimum atomic E-state index is -4.84. The summed E-state index contributed by atoms with van der Waals surface area (Å²) in [4.78, 5) is 13.7. The van der Waals surface area contributed by atoms with Crippen LogP contribution in [-0.2, 0) is 0 Å². The highest BCUT2D eigenvalue weighted by Crippen LogP contribution is 2.31. The van der Waals surface area contributed by atoms with E-state index >= 15 is 0 Å². The second kappa shape index (κ2) is 4.08. The van der Waals surface area contributed by atoms with Crippen LogP contribution in [-0.4, -0.2) is 23.1 Å². The molecule has 0 fully saturated rings. The van der Waals surface area contributed by atoms with Crippen molar-refractivity contribution in [2.45, 2.75) is 12.3 Å². The number of hydrogen-bond donors (Lipinski definition) is 1. The smallest absolute Gasteiger partial charge is 0.360 e. The second-order valence-electron chi connectivity index (χ2n) is 3.62. The topological polar surface area (TPSA) is 32.9 Å². The molecule has 1 aromatic carbocycles. The first-order valence-corrected chi connectivity index (χ1v) is 4.82. The molecule has 96 valence electrons. The van der Waals surface area contributed by atoms with Crippen molar-refractivity contribution in [3.8, 4) is 0 Å². The number of aromatic amines is 1. The standard InChI is InChI=1S/C11H6F5NO/c12-6-2-1-3-7-8(6)5(4-17-7)9(18)11(15,16)10(13)14/h1-4,10,17H. The first-order chi connectivity index (χ1) is 8.35. The Morgan fingerprint density at radius 3 is 2.56 bits per heavy atom. The van der Waals surface area contributed by atoms with Crippen molar-refractivity contribution in [3.05, 3.63) is 35.8 Å². The maximum absolute atomic E-state index is 13.4. The Labute approximate surface area is 97.4 Å². The van der Waals surface area contributed by atoms with E-state index in [-0.39, 0.29) is 5.52 Å². The molecule has 0 aliphatic heterocycles. The average Bonchev–Trinajstić information content (AvgIpc) is 2.72. The number of fused-ring (bicyclic) bond motifs is 1. The molecule has 7 heteroatoms. The van der Waals surface area contributed by atoms with Gasteiger partial charge in [0.05, 0.1) is 5.56 Å². The van der Waals surface area contributed by atoms with Crippen molar-refractivity contribution in [1.29, 1.82) is 0 Å². The largest absolute Gasteiger partial charge is 0.368 e. The lowest BCUT2D eigenvalue weighted by atomic mass is 10.0. The van der Waals surface area contributed by atoms with Gasteiger partial charge in [-0.2, -0.15) is 8.78 Å². The van der Waals surface area contributed by atoms with Gasteiger partial charge in [0, 0.05) is 17.1 Å². The Balaban J connectivity index is 2.59. The summed E-state index contributed by atoms with van der Waals surface area (Å²) < 4.78 is 63.4. The Morgan fingerprint density at radius 2 is 1.94 bits per heavy atom. The van der Waals surface area contributed by atoms with Crippen LogP contribution in [0.1, 0.15) is 10.4 Å². The van der Waals surface area contributed by atoms with Gasteiger partial charge in [-0.15, -0.1) is 0 Å². The molecular formula is C11H6F5NO. The minimum Gasteiger partial charge on any atom is -0.360 e. The number of ketones is 1. The monoisotopic (exact) mass is 263 g/mol. The lowest BCUT2D eigenvalue weighted by Gasteiger charge is -2.12. The van der Waals surface area contributed by atoms with Crippen molar-refractivity contribution in [3.63, 3.8) is 0 Å². The van der Waals surface area contributed by atoms with E-state index in [1.54, 1.807) is 0 Å². The highest BCUT2D eigenvalue weighted by Gasteiger charge is 2.49. The van der Waals surface area contributed by atoms with Gasteiger partial charge in [0.25, 0.3) is 0 Å². The Kier molecular flexibility index (Phi) is 2.84. The number of alkyl halides is 4. The van der Waals surface area contributed by atoms with Gasteiger partial charge in [0.1, 0.15) is 5.82 Å². The zero-order valence-corrected chi connectivity index (χ0v) is 8.68. The van der Waals surface area contributed by atoms with Crippen LogP contribution in [0.15, 0.2) is 24.4 Å². The molecule has 0 radical (unpaired) electrons. The molecule has 0 saturated heterocycles. The summed E-state index contributed by atoms with van der Waals surface area (Å²) in [7, 11) is 0. The molecule has 0 aliphatic rings. The zero-order chi connectivity index (χ0) is 13.5. The van der Waals surface area contributed by atoms with E-state index in [2.05, 4.69) is 4.98 Å². The molecule has 0 amide bonds. The van der Waals surface area contributed by atoms with E-state index in [0.29, 0.717) is 0 Å². The summed E-state index contributed by atoms with van der Waals surface area (Å²) in [6.07, 6.45) is -3.34. The lowest BCUT2D eigenvalue weighted by Crippen LogP contribution is -2.36. The molecular weight excluding hydrogens is 257 g/mol. The maximum atomic E-state index is 13.4. The number of H-pyrrole nitrogens is 1. The van der Waals surface area contributed by atoms with Gasteiger partial charge in [-0.3, -0.25) is 4.79 Å². The number of aromatic nitrogens is 1. The fourth-order valence-electron chi connectivity index (χ4n) is 1.60. The highest BCUT2D eigenvalue weighted by molar-refractivity contribution is 6.11. The summed E-state index contributed by atoms with van der Waals surface area (Å²) in [6.45, 7) is 0. The molecule has 2 rings (SSSR count). The SMILES string of the molecule is O=C(c1c[nH]c2cccc(F)c12)C(F)(F)C(F)F.